The van der Waals surface area contributed by atoms with Gasteiger partial charge >= 0.3 is 0 Å². The molecule has 19 heavy (non-hydrogen) atoms. The van der Waals surface area contributed by atoms with E-state index < -0.39 is 0 Å². The molecular weight excluding hydrogens is 244 g/mol. The molecule has 1 amide bonds. The standard InChI is InChI=1S/C14H18N2O3/c17-12-4-5-14(10-16-12,9-13-18-7-8-19-13)11-3-1-2-6-15-11/h1-3,6,13H,4-5,7-10H2,(H,16,17). The second-order valence-electron chi connectivity index (χ2n) is 5.15. The minimum atomic E-state index is -0.183. The van der Waals surface area contributed by atoms with Crippen molar-refractivity contribution >= 4 is 5.91 Å². The number of nitrogens with one attached hydrogen (secondary N) is 1. The van der Waals surface area contributed by atoms with Gasteiger partial charge in [-0.25, -0.2) is 0 Å². The van der Waals surface area contributed by atoms with Crippen LogP contribution in [0.3, 0.4) is 0 Å². The molecule has 0 saturated carbocycles. The Bertz CT molecular complexity index is 433. The quantitative estimate of drug-likeness (QED) is 0.882. The van der Waals surface area contributed by atoms with Crippen molar-refractivity contribution in [3.05, 3.63) is 30.1 Å². The number of rotatable bonds is 3. The molecule has 5 nitrogen and oxygen atoms in total. The fourth-order valence-corrected chi connectivity index (χ4v) is 2.82. The number of carbonyl (C=O) groups is 1. The second-order valence-corrected chi connectivity index (χ2v) is 5.15. The summed E-state index contributed by atoms with van der Waals surface area (Å²) in [5.74, 6) is 0.111. The van der Waals surface area contributed by atoms with Crippen LogP contribution in [0.5, 0.6) is 0 Å². The van der Waals surface area contributed by atoms with Crippen LogP contribution in [0.4, 0.5) is 0 Å². The Hall–Kier alpha value is -1.46. The lowest BCUT2D eigenvalue weighted by molar-refractivity contribution is -0.124. The average molecular weight is 262 g/mol. The Morgan fingerprint density at radius 1 is 1.37 bits per heavy atom. The molecule has 5 heteroatoms. The van der Waals surface area contributed by atoms with Crippen molar-refractivity contribution in [1.82, 2.24) is 10.3 Å². The van der Waals surface area contributed by atoms with Crippen LogP contribution in [0.2, 0.25) is 0 Å². The van der Waals surface area contributed by atoms with Crippen LogP contribution in [-0.4, -0.2) is 36.9 Å². The maximum atomic E-state index is 11.4. The molecule has 0 bridgehead atoms. The van der Waals surface area contributed by atoms with Gasteiger partial charge in [-0.15, -0.1) is 0 Å². The van der Waals surface area contributed by atoms with Crippen LogP contribution >= 0.6 is 0 Å². The SMILES string of the molecule is O=C1CCC(CC2OCCO2)(c2ccccn2)CN1. The fourth-order valence-electron chi connectivity index (χ4n) is 2.82. The van der Waals surface area contributed by atoms with E-state index in [1.165, 1.54) is 0 Å². The van der Waals surface area contributed by atoms with E-state index in [0.29, 0.717) is 26.2 Å². The summed E-state index contributed by atoms with van der Waals surface area (Å²) in [6.45, 7) is 1.90. The monoisotopic (exact) mass is 262 g/mol. The highest BCUT2D eigenvalue weighted by atomic mass is 16.7. The van der Waals surface area contributed by atoms with Crippen molar-refractivity contribution in [2.45, 2.75) is 31.0 Å². The van der Waals surface area contributed by atoms with Gasteiger partial charge in [0.25, 0.3) is 0 Å². The van der Waals surface area contributed by atoms with Crippen molar-refractivity contribution in [3.8, 4) is 0 Å². The molecule has 1 unspecified atom stereocenters. The molecule has 0 spiro atoms. The smallest absolute Gasteiger partial charge is 0.220 e. The molecule has 3 heterocycles. The third-order valence-electron chi connectivity index (χ3n) is 3.91. The van der Waals surface area contributed by atoms with Gasteiger partial charge in [0.1, 0.15) is 0 Å². The Balaban J connectivity index is 1.84. The molecule has 0 aliphatic carbocycles. The fraction of sp³-hybridized carbons (Fsp3) is 0.571. The molecule has 3 rings (SSSR count). The molecule has 2 saturated heterocycles. The normalized spacial score (nSPS) is 28.3. The lowest BCUT2D eigenvalue weighted by Gasteiger charge is -2.38. The van der Waals surface area contributed by atoms with E-state index in [1.807, 2.05) is 18.2 Å². The van der Waals surface area contributed by atoms with Gasteiger partial charge in [-0.2, -0.15) is 0 Å². The summed E-state index contributed by atoms with van der Waals surface area (Å²) in [4.78, 5) is 15.9. The number of carbonyl (C=O) groups excluding carboxylic acids is 1. The maximum Gasteiger partial charge on any atom is 0.220 e. The van der Waals surface area contributed by atoms with Crippen LogP contribution in [0.15, 0.2) is 24.4 Å². The molecule has 0 radical (unpaired) electrons. The van der Waals surface area contributed by atoms with E-state index >= 15 is 0 Å². The first-order valence-electron chi connectivity index (χ1n) is 6.70. The molecule has 2 aliphatic heterocycles. The van der Waals surface area contributed by atoms with Crippen LogP contribution in [0.25, 0.3) is 0 Å². The predicted octanol–water partition coefficient (Wildman–Crippen LogP) is 0.992. The maximum absolute atomic E-state index is 11.4. The Morgan fingerprint density at radius 3 is 2.84 bits per heavy atom. The van der Waals surface area contributed by atoms with E-state index in [1.54, 1.807) is 6.20 Å². The highest BCUT2D eigenvalue weighted by Gasteiger charge is 2.40. The summed E-state index contributed by atoms with van der Waals surface area (Å²) in [7, 11) is 0. The van der Waals surface area contributed by atoms with E-state index in [4.69, 9.17) is 9.47 Å². The highest BCUT2D eigenvalue weighted by Crippen LogP contribution is 2.36. The molecule has 1 aromatic heterocycles. The first-order valence-corrected chi connectivity index (χ1v) is 6.70. The molecule has 1 aromatic rings. The van der Waals surface area contributed by atoms with Crippen LogP contribution in [-0.2, 0) is 19.7 Å². The summed E-state index contributed by atoms with van der Waals surface area (Å²) in [5, 5.41) is 2.96. The van der Waals surface area contributed by atoms with Crippen LogP contribution in [0, 0.1) is 0 Å². The van der Waals surface area contributed by atoms with Gasteiger partial charge in [-0.05, 0) is 18.6 Å². The predicted molar refractivity (Wildman–Crippen MR) is 68.5 cm³/mol. The number of pyridine rings is 1. The molecule has 0 aromatic carbocycles. The summed E-state index contributed by atoms with van der Waals surface area (Å²) in [6.07, 6.45) is 3.67. The zero-order chi connectivity index (χ0) is 13.1. The van der Waals surface area contributed by atoms with Crippen molar-refractivity contribution < 1.29 is 14.3 Å². The second kappa shape index (κ2) is 5.27. The number of nitrogens with zero attached hydrogens (tertiary/aromatic N) is 1. The van der Waals surface area contributed by atoms with Gasteiger partial charge in [0.2, 0.25) is 5.91 Å². The van der Waals surface area contributed by atoms with E-state index in [9.17, 15) is 4.79 Å². The molecule has 102 valence electrons. The zero-order valence-electron chi connectivity index (χ0n) is 10.8. The highest BCUT2D eigenvalue weighted by molar-refractivity contribution is 5.77. The number of aromatic nitrogens is 1. The van der Waals surface area contributed by atoms with Crippen molar-refractivity contribution in [3.63, 3.8) is 0 Å². The van der Waals surface area contributed by atoms with Gasteiger partial charge in [-0.1, -0.05) is 6.07 Å². The van der Waals surface area contributed by atoms with Gasteiger partial charge in [0.15, 0.2) is 6.29 Å². The Kier molecular flexibility index (Phi) is 3.48. The first kappa shape index (κ1) is 12.6. The minimum Gasteiger partial charge on any atom is -0.355 e. The van der Waals surface area contributed by atoms with E-state index in [2.05, 4.69) is 10.3 Å². The Labute approximate surface area is 112 Å². The topological polar surface area (TPSA) is 60.5 Å². The summed E-state index contributed by atoms with van der Waals surface area (Å²) < 4.78 is 11.1. The number of piperidine rings is 1. The summed E-state index contributed by atoms with van der Waals surface area (Å²) in [5.41, 5.74) is 0.832. The number of ether oxygens (including phenoxy) is 2. The lowest BCUT2D eigenvalue weighted by Crippen LogP contribution is -2.48. The molecule has 2 fully saturated rings. The third kappa shape index (κ3) is 2.62. The van der Waals surface area contributed by atoms with Gasteiger partial charge in [0.05, 0.1) is 13.2 Å². The van der Waals surface area contributed by atoms with E-state index in [-0.39, 0.29) is 17.6 Å². The molecular formula is C14H18N2O3. The average Bonchev–Trinajstić information content (AvgIpc) is 2.95. The minimum absolute atomic E-state index is 0.111. The largest absolute Gasteiger partial charge is 0.355 e. The number of hydrogen-bond acceptors (Lipinski definition) is 4. The molecule has 2 aliphatic rings. The summed E-state index contributed by atoms with van der Waals surface area (Å²) in [6, 6.07) is 5.91. The first-order chi connectivity index (χ1) is 9.28. The van der Waals surface area contributed by atoms with Gasteiger partial charge in [-0.3, -0.25) is 9.78 Å². The molecule has 1 N–H and O–H groups in total. The van der Waals surface area contributed by atoms with Gasteiger partial charge < -0.3 is 14.8 Å². The third-order valence-corrected chi connectivity index (χ3v) is 3.91. The van der Waals surface area contributed by atoms with Crippen LogP contribution in [0.1, 0.15) is 25.0 Å². The van der Waals surface area contributed by atoms with Crippen molar-refractivity contribution in [2.24, 2.45) is 0 Å². The van der Waals surface area contributed by atoms with Crippen molar-refractivity contribution in [1.29, 1.82) is 0 Å². The van der Waals surface area contributed by atoms with E-state index in [0.717, 1.165) is 18.5 Å². The number of amides is 1. The summed E-state index contributed by atoms with van der Waals surface area (Å²) >= 11 is 0. The Morgan fingerprint density at radius 2 is 2.21 bits per heavy atom. The van der Waals surface area contributed by atoms with Gasteiger partial charge in [0, 0.05) is 36.7 Å². The molecule has 1 atom stereocenters. The number of hydrogen-bond donors (Lipinski definition) is 1. The van der Waals surface area contributed by atoms with Crippen molar-refractivity contribution in [2.75, 3.05) is 19.8 Å². The van der Waals surface area contributed by atoms with Crippen LogP contribution < -0.4 is 5.32 Å². The lowest BCUT2D eigenvalue weighted by atomic mass is 9.74. The zero-order valence-corrected chi connectivity index (χ0v) is 10.8.